The molecule has 0 aliphatic heterocycles. The van der Waals surface area contributed by atoms with E-state index in [1.165, 1.54) is 24.3 Å². The van der Waals surface area contributed by atoms with E-state index in [1.807, 2.05) is 0 Å². The van der Waals surface area contributed by atoms with Crippen molar-refractivity contribution in [2.24, 2.45) is 0 Å². The highest BCUT2D eigenvalue weighted by molar-refractivity contribution is 5.73. The van der Waals surface area contributed by atoms with Gasteiger partial charge in [-0.25, -0.2) is 0 Å². The minimum atomic E-state index is -0.478. The molecule has 30 heavy (non-hydrogen) atoms. The predicted molar refractivity (Wildman–Crippen MR) is 107 cm³/mol. The lowest BCUT2D eigenvalue weighted by molar-refractivity contribution is -0.385. The number of benzene rings is 2. The summed E-state index contributed by atoms with van der Waals surface area (Å²) in [4.78, 5) is 41.9. The van der Waals surface area contributed by atoms with Crippen LogP contribution in [-0.4, -0.2) is 35.0 Å². The average molecular weight is 418 g/mol. The average Bonchev–Trinajstić information content (AvgIpc) is 2.69. The Balaban J connectivity index is 0.000000300. The number of esters is 2. The van der Waals surface area contributed by atoms with Crippen molar-refractivity contribution >= 4 is 23.3 Å². The van der Waals surface area contributed by atoms with E-state index in [0.29, 0.717) is 24.3 Å². The second-order valence-electron chi connectivity index (χ2n) is 5.81. The van der Waals surface area contributed by atoms with Crippen LogP contribution in [0.3, 0.4) is 0 Å². The molecule has 2 aromatic carbocycles. The predicted octanol–water partition coefficient (Wildman–Crippen LogP) is 3.40. The number of carbonyl (C=O) groups excluding carboxylic acids is 2. The summed E-state index contributed by atoms with van der Waals surface area (Å²) in [5.74, 6) is -0.655. The van der Waals surface area contributed by atoms with Crippen molar-refractivity contribution in [2.45, 2.75) is 26.7 Å². The molecule has 0 spiro atoms. The Morgan fingerprint density at radius 1 is 0.700 bits per heavy atom. The van der Waals surface area contributed by atoms with Gasteiger partial charge in [-0.1, -0.05) is 24.3 Å². The lowest BCUT2D eigenvalue weighted by Gasteiger charge is -2.01. The summed E-state index contributed by atoms with van der Waals surface area (Å²) in [5, 5.41) is 20.7. The fraction of sp³-hybridized carbons (Fsp3) is 0.300. The first kappa shape index (κ1) is 24.2. The third-order valence-electron chi connectivity index (χ3n) is 3.60. The smallest absolute Gasteiger partial charge is 0.310 e. The third-order valence-corrected chi connectivity index (χ3v) is 3.60. The number of carbonyl (C=O) groups is 2. The monoisotopic (exact) mass is 418 g/mol. The fourth-order valence-electron chi connectivity index (χ4n) is 2.23. The molecule has 2 aromatic rings. The molecular weight excluding hydrogens is 396 g/mol. The number of hydrogen-bond donors (Lipinski definition) is 0. The first-order valence-corrected chi connectivity index (χ1v) is 9.04. The van der Waals surface area contributed by atoms with E-state index in [1.54, 1.807) is 38.1 Å². The zero-order valence-corrected chi connectivity index (χ0v) is 16.6. The van der Waals surface area contributed by atoms with Crippen molar-refractivity contribution in [1.29, 1.82) is 0 Å². The zero-order valence-electron chi connectivity index (χ0n) is 16.6. The van der Waals surface area contributed by atoms with Gasteiger partial charge >= 0.3 is 11.9 Å². The first-order chi connectivity index (χ1) is 14.3. The number of non-ortho nitro benzene ring substituents is 2. The molecule has 0 atom stereocenters. The standard InChI is InChI=1S/2C10H11NO4/c2*1-2-15-10(12)7-8-3-5-9(6-4-8)11(13)14/h2*3-6H,2,7H2,1H3. The van der Waals surface area contributed by atoms with Crippen LogP contribution in [0.1, 0.15) is 25.0 Å². The van der Waals surface area contributed by atoms with E-state index in [2.05, 4.69) is 0 Å². The van der Waals surface area contributed by atoms with Gasteiger partial charge in [-0.3, -0.25) is 29.8 Å². The molecule has 0 saturated carbocycles. The summed E-state index contributed by atoms with van der Waals surface area (Å²) < 4.78 is 9.50. The summed E-state index contributed by atoms with van der Waals surface area (Å²) in [6, 6.07) is 11.7. The van der Waals surface area contributed by atoms with Crippen molar-refractivity contribution in [3.05, 3.63) is 79.9 Å². The van der Waals surface area contributed by atoms with Crippen molar-refractivity contribution in [2.75, 3.05) is 13.2 Å². The van der Waals surface area contributed by atoms with Crippen LogP contribution < -0.4 is 0 Å². The second kappa shape index (κ2) is 12.6. The Bertz CT molecular complexity index is 790. The summed E-state index contributed by atoms with van der Waals surface area (Å²) in [6.45, 7) is 4.14. The molecular formula is C20H22N2O8. The molecule has 10 heteroatoms. The van der Waals surface area contributed by atoms with Crippen LogP contribution in [0.15, 0.2) is 48.5 Å². The molecule has 0 aromatic heterocycles. The molecule has 160 valence electrons. The fourth-order valence-corrected chi connectivity index (χ4v) is 2.23. The largest absolute Gasteiger partial charge is 0.466 e. The van der Waals surface area contributed by atoms with Crippen LogP contribution in [0.25, 0.3) is 0 Å². The first-order valence-electron chi connectivity index (χ1n) is 9.04. The van der Waals surface area contributed by atoms with Gasteiger partial charge in [-0.05, 0) is 25.0 Å². The normalized spacial score (nSPS) is 9.67. The minimum Gasteiger partial charge on any atom is -0.466 e. The third kappa shape index (κ3) is 8.91. The quantitative estimate of drug-likeness (QED) is 0.361. The van der Waals surface area contributed by atoms with Crippen molar-refractivity contribution in [1.82, 2.24) is 0 Å². The lowest BCUT2D eigenvalue weighted by Crippen LogP contribution is -2.07. The Labute approximate surface area is 172 Å². The molecule has 0 bridgehead atoms. The van der Waals surface area contributed by atoms with Crippen LogP contribution >= 0.6 is 0 Å². The van der Waals surface area contributed by atoms with Crippen LogP contribution in [0.2, 0.25) is 0 Å². The number of rotatable bonds is 8. The van der Waals surface area contributed by atoms with Crippen molar-refractivity contribution in [3.63, 3.8) is 0 Å². The van der Waals surface area contributed by atoms with E-state index in [4.69, 9.17) is 9.47 Å². The molecule has 2 rings (SSSR count). The van der Waals surface area contributed by atoms with Gasteiger partial charge in [-0.15, -0.1) is 0 Å². The summed E-state index contributed by atoms with van der Waals surface area (Å²) in [5.41, 5.74) is 1.45. The van der Waals surface area contributed by atoms with E-state index >= 15 is 0 Å². The Morgan fingerprint density at radius 3 is 1.23 bits per heavy atom. The second-order valence-corrected chi connectivity index (χ2v) is 5.81. The summed E-state index contributed by atoms with van der Waals surface area (Å²) >= 11 is 0. The summed E-state index contributed by atoms with van der Waals surface area (Å²) in [7, 11) is 0. The van der Waals surface area contributed by atoms with Gasteiger partial charge in [0, 0.05) is 24.3 Å². The van der Waals surface area contributed by atoms with E-state index in [9.17, 15) is 29.8 Å². The van der Waals surface area contributed by atoms with Crippen LogP contribution in [0.5, 0.6) is 0 Å². The van der Waals surface area contributed by atoms with Gasteiger partial charge in [-0.2, -0.15) is 0 Å². The maximum absolute atomic E-state index is 11.1. The molecule has 0 N–H and O–H groups in total. The molecule has 0 amide bonds. The molecule has 0 aliphatic rings. The van der Waals surface area contributed by atoms with Gasteiger partial charge in [0.25, 0.3) is 11.4 Å². The zero-order chi connectivity index (χ0) is 22.5. The molecule has 0 unspecified atom stereocenters. The Kier molecular flexibility index (Phi) is 10.2. The van der Waals surface area contributed by atoms with E-state index in [-0.39, 0.29) is 36.2 Å². The van der Waals surface area contributed by atoms with E-state index in [0.717, 1.165) is 0 Å². The number of nitrogens with zero attached hydrogens (tertiary/aromatic N) is 2. The topological polar surface area (TPSA) is 139 Å². The van der Waals surface area contributed by atoms with Gasteiger partial charge in [0.1, 0.15) is 0 Å². The molecule has 0 saturated heterocycles. The number of ether oxygens (including phenoxy) is 2. The molecule has 0 fully saturated rings. The van der Waals surface area contributed by atoms with Crippen LogP contribution in [-0.2, 0) is 31.9 Å². The highest BCUT2D eigenvalue weighted by Gasteiger charge is 2.08. The Morgan fingerprint density at radius 2 is 1.00 bits per heavy atom. The van der Waals surface area contributed by atoms with Gasteiger partial charge < -0.3 is 9.47 Å². The van der Waals surface area contributed by atoms with Crippen LogP contribution in [0, 0.1) is 20.2 Å². The highest BCUT2D eigenvalue weighted by Crippen LogP contribution is 2.13. The molecule has 0 heterocycles. The maximum Gasteiger partial charge on any atom is 0.310 e. The molecule has 0 aliphatic carbocycles. The van der Waals surface area contributed by atoms with Gasteiger partial charge in [0.05, 0.1) is 35.9 Å². The van der Waals surface area contributed by atoms with Gasteiger partial charge in [0.2, 0.25) is 0 Å². The maximum atomic E-state index is 11.1. The minimum absolute atomic E-state index is 0.0163. The lowest BCUT2D eigenvalue weighted by atomic mass is 10.1. The van der Waals surface area contributed by atoms with Crippen molar-refractivity contribution in [3.8, 4) is 0 Å². The SMILES string of the molecule is CCOC(=O)Cc1ccc([N+](=O)[O-])cc1.CCOC(=O)Cc1ccc([N+](=O)[O-])cc1. The molecule has 10 nitrogen and oxygen atoms in total. The van der Waals surface area contributed by atoms with Crippen molar-refractivity contribution < 1.29 is 28.9 Å². The van der Waals surface area contributed by atoms with E-state index < -0.39 is 9.85 Å². The summed E-state index contributed by atoms with van der Waals surface area (Å²) in [6.07, 6.45) is 0.289. The Hall–Kier alpha value is -3.82. The molecule has 0 radical (unpaired) electrons. The van der Waals surface area contributed by atoms with Crippen LogP contribution in [0.4, 0.5) is 11.4 Å². The number of nitro benzene ring substituents is 2. The number of hydrogen-bond acceptors (Lipinski definition) is 8. The van der Waals surface area contributed by atoms with Gasteiger partial charge in [0.15, 0.2) is 0 Å². The number of nitro groups is 2. The highest BCUT2D eigenvalue weighted by atomic mass is 16.6.